The van der Waals surface area contributed by atoms with Gasteiger partial charge in [0.25, 0.3) is 5.91 Å². The number of hydrazone groups is 1. The van der Waals surface area contributed by atoms with Crippen molar-refractivity contribution in [2.24, 2.45) is 11.0 Å². The molecule has 0 fully saturated rings. The molecule has 3 aromatic carbocycles. The molecule has 0 saturated carbocycles. The lowest BCUT2D eigenvalue weighted by Crippen LogP contribution is -2.19. The van der Waals surface area contributed by atoms with Gasteiger partial charge in [-0.05, 0) is 60.7 Å². The predicted octanol–water partition coefficient (Wildman–Crippen LogP) is 6.40. The molecule has 1 atom stereocenters. The number of amides is 1. The largest absolute Gasteiger partial charge is 0.494 e. The second-order valence-electron chi connectivity index (χ2n) is 9.39. The van der Waals surface area contributed by atoms with Crippen LogP contribution in [0.2, 0.25) is 0 Å². The Kier molecular flexibility index (Phi) is 7.83. The van der Waals surface area contributed by atoms with Gasteiger partial charge >= 0.3 is 0 Å². The molecular formula is C31H31N3O4. The highest BCUT2D eigenvalue weighted by Gasteiger charge is 2.15. The molecule has 0 saturated heterocycles. The van der Waals surface area contributed by atoms with Crippen molar-refractivity contribution in [3.63, 3.8) is 0 Å². The third-order valence-electron chi connectivity index (χ3n) is 6.35. The van der Waals surface area contributed by atoms with E-state index in [0.717, 1.165) is 58.5 Å². The molecule has 0 radical (unpaired) electrons. The molecule has 7 heteroatoms. The first-order chi connectivity index (χ1) is 18.6. The van der Waals surface area contributed by atoms with Gasteiger partial charge in [0, 0.05) is 17.2 Å². The van der Waals surface area contributed by atoms with Crippen molar-refractivity contribution in [1.29, 1.82) is 0 Å². The number of para-hydroxylation sites is 1. The van der Waals surface area contributed by atoms with E-state index in [0.29, 0.717) is 17.9 Å². The molecule has 38 heavy (non-hydrogen) atoms. The number of carbonyl (C=O) groups is 1. The van der Waals surface area contributed by atoms with Gasteiger partial charge in [0.1, 0.15) is 5.75 Å². The Morgan fingerprint density at radius 1 is 1.08 bits per heavy atom. The second-order valence-corrected chi connectivity index (χ2v) is 9.39. The van der Waals surface area contributed by atoms with Crippen molar-refractivity contribution in [3.05, 3.63) is 83.9 Å². The van der Waals surface area contributed by atoms with Crippen molar-refractivity contribution >= 4 is 23.0 Å². The van der Waals surface area contributed by atoms with Crippen LogP contribution in [0.4, 0.5) is 0 Å². The molecule has 2 heterocycles. The summed E-state index contributed by atoms with van der Waals surface area (Å²) in [6.07, 6.45) is 4.58. The van der Waals surface area contributed by atoms with Crippen LogP contribution in [-0.2, 0) is 6.42 Å². The monoisotopic (exact) mass is 509 g/mol. The molecule has 0 bridgehead atoms. The van der Waals surface area contributed by atoms with Crippen LogP contribution in [0.3, 0.4) is 0 Å². The minimum Gasteiger partial charge on any atom is -0.494 e. The van der Waals surface area contributed by atoms with Crippen LogP contribution in [-0.4, -0.2) is 30.5 Å². The van der Waals surface area contributed by atoms with Crippen molar-refractivity contribution in [3.8, 4) is 28.5 Å². The highest BCUT2D eigenvalue weighted by atomic mass is 16.7. The third-order valence-corrected chi connectivity index (χ3v) is 6.35. The van der Waals surface area contributed by atoms with Gasteiger partial charge in [-0.1, -0.05) is 56.7 Å². The van der Waals surface area contributed by atoms with Crippen LogP contribution in [0.5, 0.6) is 17.2 Å². The molecule has 1 aliphatic heterocycles. The summed E-state index contributed by atoms with van der Waals surface area (Å²) < 4.78 is 16.7. The Labute approximate surface area is 222 Å². The number of nitrogens with zero attached hydrogens (tertiary/aromatic N) is 2. The fourth-order valence-electron chi connectivity index (χ4n) is 4.37. The number of ether oxygens (including phenoxy) is 3. The summed E-state index contributed by atoms with van der Waals surface area (Å²) in [6, 6.07) is 23.2. The van der Waals surface area contributed by atoms with Crippen molar-refractivity contribution in [2.75, 3.05) is 13.4 Å². The predicted molar refractivity (Wildman–Crippen MR) is 149 cm³/mol. The maximum Gasteiger partial charge on any atom is 0.272 e. The lowest BCUT2D eigenvalue weighted by Gasteiger charge is -2.11. The van der Waals surface area contributed by atoms with Crippen LogP contribution < -0.4 is 19.6 Å². The lowest BCUT2D eigenvalue weighted by molar-refractivity contribution is 0.0956. The first-order valence-corrected chi connectivity index (χ1v) is 13.0. The number of rotatable bonds is 10. The number of pyridine rings is 1. The SMILES string of the molecule is CCCCOc1cccc(-c2cc(C(=O)NN=C[C@@H](C)Cc3ccc4c(c3)OCO4)c3ccccc3n2)c1. The van der Waals surface area contributed by atoms with Gasteiger partial charge in [-0.15, -0.1) is 0 Å². The molecule has 0 aliphatic carbocycles. The lowest BCUT2D eigenvalue weighted by atomic mass is 10.0. The minimum absolute atomic E-state index is 0.107. The van der Waals surface area contributed by atoms with Gasteiger partial charge in [-0.25, -0.2) is 10.4 Å². The first kappa shape index (κ1) is 25.3. The maximum absolute atomic E-state index is 13.2. The van der Waals surface area contributed by atoms with Crippen LogP contribution in [0.15, 0.2) is 77.9 Å². The summed E-state index contributed by atoms with van der Waals surface area (Å²) in [5, 5.41) is 5.03. The Morgan fingerprint density at radius 3 is 2.84 bits per heavy atom. The van der Waals surface area contributed by atoms with Crippen LogP contribution in [0.25, 0.3) is 22.2 Å². The molecule has 0 unspecified atom stereocenters. The Hall–Kier alpha value is -4.39. The molecule has 7 nitrogen and oxygen atoms in total. The summed E-state index contributed by atoms with van der Waals surface area (Å²) >= 11 is 0. The zero-order valence-corrected chi connectivity index (χ0v) is 21.6. The van der Waals surface area contributed by atoms with Crippen LogP contribution in [0, 0.1) is 5.92 Å². The molecule has 1 aliphatic rings. The van der Waals surface area contributed by atoms with Crippen molar-refractivity contribution < 1.29 is 19.0 Å². The average molecular weight is 510 g/mol. The molecule has 1 amide bonds. The van der Waals surface area contributed by atoms with E-state index < -0.39 is 0 Å². The zero-order valence-electron chi connectivity index (χ0n) is 21.6. The van der Waals surface area contributed by atoms with E-state index in [-0.39, 0.29) is 18.6 Å². The second kappa shape index (κ2) is 11.8. The number of hydrogen-bond acceptors (Lipinski definition) is 6. The average Bonchev–Trinajstić information content (AvgIpc) is 3.41. The molecule has 194 valence electrons. The first-order valence-electron chi connectivity index (χ1n) is 13.0. The van der Waals surface area contributed by atoms with Gasteiger partial charge in [0.05, 0.1) is 23.4 Å². The standard InChI is InChI=1S/C31H31N3O4/c1-3-4-14-36-24-9-7-8-23(17-24)28-18-26(25-10-5-6-11-27(25)33-28)31(35)34-32-19-21(2)15-22-12-13-29-30(16-22)38-20-37-29/h5-13,16-19,21H,3-4,14-15,20H2,1-2H3,(H,34,35)/t21-/m0/s1. The Morgan fingerprint density at radius 2 is 1.95 bits per heavy atom. The molecule has 0 spiro atoms. The highest BCUT2D eigenvalue weighted by molar-refractivity contribution is 6.07. The van der Waals surface area contributed by atoms with Gasteiger partial charge in [-0.3, -0.25) is 4.79 Å². The van der Waals surface area contributed by atoms with Crippen molar-refractivity contribution in [2.45, 2.75) is 33.1 Å². The topological polar surface area (TPSA) is 82.0 Å². The molecule has 5 rings (SSSR count). The van der Waals surface area contributed by atoms with E-state index in [1.165, 1.54) is 0 Å². The number of fused-ring (bicyclic) bond motifs is 2. The smallest absolute Gasteiger partial charge is 0.272 e. The number of aromatic nitrogens is 1. The van der Waals surface area contributed by atoms with Crippen molar-refractivity contribution in [1.82, 2.24) is 10.4 Å². The summed E-state index contributed by atoms with van der Waals surface area (Å²) in [5.74, 6) is 2.14. The number of nitrogens with one attached hydrogen (secondary N) is 1. The van der Waals surface area contributed by atoms with E-state index in [2.05, 4.69) is 24.4 Å². The molecular weight excluding hydrogens is 478 g/mol. The Bertz CT molecular complexity index is 1470. The van der Waals surface area contributed by atoms with Gasteiger partial charge < -0.3 is 14.2 Å². The Balaban J connectivity index is 1.31. The zero-order chi connectivity index (χ0) is 26.3. The summed E-state index contributed by atoms with van der Waals surface area (Å²) in [4.78, 5) is 18.1. The van der Waals surface area contributed by atoms with Gasteiger partial charge in [0.2, 0.25) is 6.79 Å². The fourth-order valence-corrected chi connectivity index (χ4v) is 4.37. The van der Waals surface area contributed by atoms with E-state index in [1.807, 2.05) is 72.8 Å². The van der Waals surface area contributed by atoms with E-state index in [1.54, 1.807) is 6.21 Å². The third kappa shape index (κ3) is 5.94. The summed E-state index contributed by atoms with van der Waals surface area (Å²) in [7, 11) is 0. The van der Waals surface area contributed by atoms with E-state index in [9.17, 15) is 4.79 Å². The normalized spacial score (nSPS) is 13.1. The molecule has 4 aromatic rings. The summed E-state index contributed by atoms with van der Waals surface area (Å²) in [6.45, 7) is 5.11. The molecule has 1 N–H and O–H groups in total. The number of carbonyl (C=O) groups excluding carboxylic acids is 1. The fraction of sp³-hybridized carbons (Fsp3) is 0.258. The van der Waals surface area contributed by atoms with E-state index in [4.69, 9.17) is 19.2 Å². The van der Waals surface area contributed by atoms with E-state index >= 15 is 0 Å². The number of hydrogen-bond donors (Lipinski definition) is 1. The van der Waals surface area contributed by atoms with Gasteiger partial charge in [-0.2, -0.15) is 5.10 Å². The number of benzene rings is 3. The van der Waals surface area contributed by atoms with Crippen LogP contribution in [0.1, 0.15) is 42.6 Å². The summed E-state index contributed by atoms with van der Waals surface area (Å²) in [5.41, 5.74) is 6.68. The van der Waals surface area contributed by atoms with Gasteiger partial charge in [0.15, 0.2) is 11.5 Å². The quantitative estimate of drug-likeness (QED) is 0.152. The minimum atomic E-state index is -0.285. The molecule has 1 aromatic heterocycles. The maximum atomic E-state index is 13.2. The number of unbranched alkanes of at least 4 members (excludes halogenated alkanes) is 1. The van der Waals surface area contributed by atoms with Crippen LogP contribution >= 0.6 is 0 Å². The highest BCUT2D eigenvalue weighted by Crippen LogP contribution is 2.33.